The molecule has 0 aromatic heterocycles. The van der Waals surface area contributed by atoms with Gasteiger partial charge < -0.3 is 9.84 Å². The molecule has 106 valence electrons. The highest BCUT2D eigenvalue weighted by molar-refractivity contribution is 5.71. The van der Waals surface area contributed by atoms with E-state index in [4.69, 9.17) is 4.74 Å². The SMILES string of the molecule is CCCC(CC)N(CCC)C1COCC1C(=O)O. The molecular weight excluding hydrogens is 230 g/mol. The van der Waals surface area contributed by atoms with Gasteiger partial charge in [0.2, 0.25) is 0 Å². The lowest BCUT2D eigenvalue weighted by Crippen LogP contribution is -2.48. The molecule has 3 atom stereocenters. The molecular formula is C14H27NO3. The Hall–Kier alpha value is -0.610. The van der Waals surface area contributed by atoms with Gasteiger partial charge in [0.25, 0.3) is 0 Å². The fraction of sp³-hybridized carbons (Fsp3) is 0.929. The predicted molar refractivity (Wildman–Crippen MR) is 71.7 cm³/mol. The van der Waals surface area contributed by atoms with Gasteiger partial charge in [-0.2, -0.15) is 0 Å². The van der Waals surface area contributed by atoms with E-state index >= 15 is 0 Å². The summed E-state index contributed by atoms with van der Waals surface area (Å²) in [7, 11) is 0. The van der Waals surface area contributed by atoms with E-state index in [0.29, 0.717) is 19.3 Å². The molecule has 0 saturated carbocycles. The van der Waals surface area contributed by atoms with E-state index in [9.17, 15) is 9.90 Å². The molecule has 0 radical (unpaired) electrons. The third-order valence-corrected chi connectivity index (χ3v) is 3.84. The Balaban J connectivity index is 2.78. The molecule has 1 aliphatic rings. The number of nitrogens with zero attached hydrogens (tertiary/aromatic N) is 1. The second kappa shape index (κ2) is 7.74. The third-order valence-electron chi connectivity index (χ3n) is 3.84. The number of hydrogen-bond acceptors (Lipinski definition) is 3. The second-order valence-electron chi connectivity index (χ2n) is 5.14. The standard InChI is InChI=1S/C14H27NO3/c1-4-7-11(6-3)15(8-5-2)13-10-18-9-12(13)14(16)17/h11-13H,4-10H2,1-3H3,(H,16,17). The van der Waals surface area contributed by atoms with Crippen molar-refractivity contribution in [3.63, 3.8) is 0 Å². The molecule has 0 aromatic rings. The van der Waals surface area contributed by atoms with Gasteiger partial charge in [-0.05, 0) is 25.8 Å². The van der Waals surface area contributed by atoms with E-state index in [2.05, 4.69) is 25.7 Å². The number of rotatable bonds is 8. The van der Waals surface area contributed by atoms with Crippen molar-refractivity contribution in [2.45, 2.75) is 58.5 Å². The summed E-state index contributed by atoms with van der Waals surface area (Å²) in [5.41, 5.74) is 0. The van der Waals surface area contributed by atoms with Gasteiger partial charge in [0, 0.05) is 12.1 Å². The number of aliphatic carboxylic acids is 1. The smallest absolute Gasteiger partial charge is 0.310 e. The topological polar surface area (TPSA) is 49.8 Å². The van der Waals surface area contributed by atoms with Crippen LogP contribution in [0.5, 0.6) is 0 Å². The minimum Gasteiger partial charge on any atom is -0.481 e. The predicted octanol–water partition coefficient (Wildman–Crippen LogP) is 2.38. The highest BCUT2D eigenvalue weighted by Crippen LogP contribution is 2.25. The molecule has 18 heavy (non-hydrogen) atoms. The normalized spacial score (nSPS) is 25.6. The molecule has 1 fully saturated rings. The lowest BCUT2D eigenvalue weighted by Gasteiger charge is -2.36. The summed E-state index contributed by atoms with van der Waals surface area (Å²) >= 11 is 0. The second-order valence-corrected chi connectivity index (χ2v) is 5.14. The van der Waals surface area contributed by atoms with Gasteiger partial charge in [-0.15, -0.1) is 0 Å². The van der Waals surface area contributed by atoms with Crippen molar-refractivity contribution in [3.05, 3.63) is 0 Å². The zero-order valence-electron chi connectivity index (χ0n) is 11.9. The lowest BCUT2D eigenvalue weighted by atomic mass is 9.97. The molecule has 3 unspecified atom stereocenters. The van der Waals surface area contributed by atoms with Crippen LogP contribution in [0, 0.1) is 5.92 Å². The van der Waals surface area contributed by atoms with Gasteiger partial charge in [-0.25, -0.2) is 0 Å². The number of ether oxygens (including phenoxy) is 1. The molecule has 1 heterocycles. The number of carbonyl (C=O) groups is 1. The third kappa shape index (κ3) is 3.69. The average Bonchev–Trinajstić information content (AvgIpc) is 2.82. The molecule has 4 heteroatoms. The van der Waals surface area contributed by atoms with Crippen molar-refractivity contribution < 1.29 is 14.6 Å². The van der Waals surface area contributed by atoms with Gasteiger partial charge in [0.1, 0.15) is 0 Å². The summed E-state index contributed by atoms with van der Waals surface area (Å²) in [4.78, 5) is 13.7. The number of carboxylic acid groups (broad SMARTS) is 1. The minimum atomic E-state index is -0.718. The Morgan fingerprint density at radius 3 is 2.56 bits per heavy atom. The quantitative estimate of drug-likeness (QED) is 0.725. The number of carboxylic acids is 1. The van der Waals surface area contributed by atoms with Crippen LogP contribution < -0.4 is 0 Å². The van der Waals surface area contributed by atoms with E-state index < -0.39 is 5.97 Å². The van der Waals surface area contributed by atoms with Crippen molar-refractivity contribution in [1.29, 1.82) is 0 Å². The monoisotopic (exact) mass is 257 g/mol. The molecule has 0 bridgehead atoms. The Morgan fingerprint density at radius 2 is 2.06 bits per heavy atom. The zero-order valence-corrected chi connectivity index (χ0v) is 11.9. The summed E-state index contributed by atoms with van der Waals surface area (Å²) in [5.74, 6) is -1.08. The Labute approximate surface area is 110 Å². The van der Waals surface area contributed by atoms with E-state index in [1.165, 1.54) is 0 Å². The summed E-state index contributed by atoms with van der Waals surface area (Å²) < 4.78 is 5.41. The molecule has 1 aliphatic heterocycles. The molecule has 1 N–H and O–H groups in total. The van der Waals surface area contributed by atoms with E-state index in [-0.39, 0.29) is 12.0 Å². The molecule has 0 aliphatic carbocycles. The van der Waals surface area contributed by atoms with Crippen molar-refractivity contribution >= 4 is 5.97 Å². The van der Waals surface area contributed by atoms with E-state index in [1.54, 1.807) is 0 Å². The zero-order chi connectivity index (χ0) is 13.5. The first kappa shape index (κ1) is 15.4. The Bertz CT molecular complexity index is 257. The summed E-state index contributed by atoms with van der Waals surface area (Å²) in [6.07, 6.45) is 4.42. The van der Waals surface area contributed by atoms with Crippen LogP contribution in [0.2, 0.25) is 0 Å². The van der Waals surface area contributed by atoms with Gasteiger partial charge in [-0.1, -0.05) is 27.2 Å². The van der Waals surface area contributed by atoms with Crippen LogP contribution in [-0.4, -0.2) is 47.8 Å². The van der Waals surface area contributed by atoms with E-state index in [0.717, 1.165) is 32.2 Å². The fourth-order valence-corrected chi connectivity index (χ4v) is 2.92. The maximum absolute atomic E-state index is 11.3. The number of hydrogen-bond donors (Lipinski definition) is 1. The van der Waals surface area contributed by atoms with Gasteiger partial charge in [0.15, 0.2) is 0 Å². The average molecular weight is 257 g/mol. The summed E-state index contributed by atoms with van der Waals surface area (Å²) in [6, 6.07) is 0.544. The highest BCUT2D eigenvalue weighted by atomic mass is 16.5. The largest absolute Gasteiger partial charge is 0.481 e. The fourth-order valence-electron chi connectivity index (χ4n) is 2.92. The van der Waals surface area contributed by atoms with Crippen molar-refractivity contribution in [2.75, 3.05) is 19.8 Å². The summed E-state index contributed by atoms with van der Waals surface area (Å²) in [5, 5.41) is 9.28. The van der Waals surface area contributed by atoms with Crippen LogP contribution >= 0.6 is 0 Å². The van der Waals surface area contributed by atoms with Gasteiger partial charge in [0.05, 0.1) is 19.1 Å². The molecule has 4 nitrogen and oxygen atoms in total. The van der Waals surface area contributed by atoms with E-state index in [1.807, 2.05) is 0 Å². The molecule has 1 rings (SSSR count). The molecule has 0 aromatic carbocycles. The van der Waals surface area contributed by atoms with Crippen molar-refractivity contribution in [2.24, 2.45) is 5.92 Å². The maximum Gasteiger partial charge on any atom is 0.310 e. The Morgan fingerprint density at radius 1 is 1.33 bits per heavy atom. The Kier molecular flexibility index (Phi) is 6.65. The molecule has 0 amide bonds. The first-order chi connectivity index (χ1) is 8.65. The molecule has 1 saturated heterocycles. The first-order valence-corrected chi connectivity index (χ1v) is 7.21. The summed E-state index contributed by atoms with van der Waals surface area (Å²) in [6.45, 7) is 8.43. The van der Waals surface area contributed by atoms with Crippen LogP contribution in [0.25, 0.3) is 0 Å². The van der Waals surface area contributed by atoms with Gasteiger partial charge >= 0.3 is 5.97 Å². The van der Waals surface area contributed by atoms with Crippen LogP contribution in [0.1, 0.15) is 46.5 Å². The van der Waals surface area contributed by atoms with Gasteiger partial charge in [-0.3, -0.25) is 9.69 Å². The van der Waals surface area contributed by atoms with Crippen molar-refractivity contribution in [1.82, 2.24) is 4.90 Å². The van der Waals surface area contributed by atoms with Crippen LogP contribution in [0.15, 0.2) is 0 Å². The van der Waals surface area contributed by atoms with Crippen LogP contribution in [0.3, 0.4) is 0 Å². The first-order valence-electron chi connectivity index (χ1n) is 7.21. The minimum absolute atomic E-state index is 0.0546. The van der Waals surface area contributed by atoms with Crippen LogP contribution in [0.4, 0.5) is 0 Å². The van der Waals surface area contributed by atoms with Crippen molar-refractivity contribution in [3.8, 4) is 0 Å². The van der Waals surface area contributed by atoms with Crippen LogP contribution in [-0.2, 0) is 9.53 Å². The maximum atomic E-state index is 11.3. The highest BCUT2D eigenvalue weighted by Gasteiger charge is 2.39. The molecule has 0 spiro atoms. The lowest BCUT2D eigenvalue weighted by molar-refractivity contribution is -0.143.